The van der Waals surface area contributed by atoms with Crippen molar-refractivity contribution < 1.29 is 0 Å². The fourth-order valence-corrected chi connectivity index (χ4v) is 1.30. The molecule has 0 heterocycles. The van der Waals surface area contributed by atoms with Crippen LogP contribution >= 0.6 is 0 Å². The first-order valence-electron chi connectivity index (χ1n) is 4.70. The monoisotopic (exact) mass is 178 g/mol. The predicted octanol–water partition coefficient (Wildman–Crippen LogP) is 1.64. The summed E-state index contributed by atoms with van der Waals surface area (Å²) in [6, 6.07) is 8.59. The first-order chi connectivity index (χ1) is 6.24. The fourth-order valence-electron chi connectivity index (χ4n) is 1.30. The van der Waals surface area contributed by atoms with Crippen molar-refractivity contribution in [2.24, 2.45) is 5.73 Å². The zero-order chi connectivity index (χ0) is 9.68. The molecular weight excluding hydrogens is 160 g/mol. The topological polar surface area (TPSA) is 29.3 Å². The van der Waals surface area contributed by atoms with Crippen molar-refractivity contribution in [3.8, 4) is 0 Å². The van der Waals surface area contributed by atoms with Crippen molar-refractivity contribution >= 4 is 5.69 Å². The minimum absolute atomic E-state index is 0.770. The molecule has 0 saturated heterocycles. The van der Waals surface area contributed by atoms with Crippen LogP contribution in [0.1, 0.15) is 12.0 Å². The molecule has 0 saturated carbocycles. The lowest BCUT2D eigenvalue weighted by Gasteiger charge is -2.13. The first kappa shape index (κ1) is 10.1. The van der Waals surface area contributed by atoms with E-state index in [1.54, 1.807) is 0 Å². The van der Waals surface area contributed by atoms with Gasteiger partial charge in [0.05, 0.1) is 0 Å². The summed E-state index contributed by atoms with van der Waals surface area (Å²) < 4.78 is 0. The van der Waals surface area contributed by atoms with Crippen LogP contribution in [0.25, 0.3) is 0 Å². The van der Waals surface area contributed by atoms with Crippen molar-refractivity contribution in [3.05, 3.63) is 29.8 Å². The molecule has 2 heteroatoms. The van der Waals surface area contributed by atoms with E-state index in [1.807, 2.05) is 0 Å². The summed E-state index contributed by atoms with van der Waals surface area (Å²) in [5.74, 6) is 0. The first-order valence-corrected chi connectivity index (χ1v) is 4.70. The van der Waals surface area contributed by atoms with Crippen LogP contribution in [0.5, 0.6) is 0 Å². The van der Waals surface area contributed by atoms with E-state index in [2.05, 4.69) is 43.3 Å². The Morgan fingerprint density at radius 1 is 1.31 bits per heavy atom. The second-order valence-electron chi connectivity index (χ2n) is 3.46. The lowest BCUT2D eigenvalue weighted by atomic mass is 10.1. The number of aryl methyl sites for hydroxylation is 1. The molecule has 0 radical (unpaired) electrons. The van der Waals surface area contributed by atoms with Gasteiger partial charge in [-0.2, -0.15) is 0 Å². The number of rotatable bonds is 4. The normalized spacial score (nSPS) is 10.1. The van der Waals surface area contributed by atoms with Crippen LogP contribution in [0.3, 0.4) is 0 Å². The maximum absolute atomic E-state index is 5.46. The largest absolute Gasteiger partial charge is 0.378 e. The molecule has 1 aromatic rings. The van der Waals surface area contributed by atoms with E-state index in [-0.39, 0.29) is 0 Å². The Hall–Kier alpha value is -1.02. The summed E-state index contributed by atoms with van der Waals surface area (Å²) in [5.41, 5.74) is 8.09. The van der Waals surface area contributed by atoms with Crippen molar-refractivity contribution in [1.82, 2.24) is 0 Å². The Kier molecular flexibility index (Phi) is 3.77. The Morgan fingerprint density at radius 2 is 2.08 bits per heavy atom. The third kappa shape index (κ3) is 3.07. The van der Waals surface area contributed by atoms with Gasteiger partial charge in [0.15, 0.2) is 0 Å². The number of nitrogens with two attached hydrogens (primary N) is 1. The Morgan fingerprint density at radius 3 is 2.69 bits per heavy atom. The van der Waals surface area contributed by atoms with Gasteiger partial charge in [0.1, 0.15) is 0 Å². The molecule has 0 aliphatic carbocycles. The van der Waals surface area contributed by atoms with Crippen molar-refractivity contribution in [1.29, 1.82) is 0 Å². The van der Waals surface area contributed by atoms with Gasteiger partial charge in [0, 0.05) is 19.8 Å². The van der Waals surface area contributed by atoms with Crippen LogP contribution in [0.4, 0.5) is 5.69 Å². The Labute approximate surface area is 80.4 Å². The van der Waals surface area contributed by atoms with Crippen molar-refractivity contribution in [2.75, 3.05) is 25.5 Å². The summed E-state index contributed by atoms with van der Waals surface area (Å²) in [6.07, 6.45) is 2.15. The summed E-state index contributed by atoms with van der Waals surface area (Å²) in [7, 11) is 4.12. The van der Waals surface area contributed by atoms with Crippen LogP contribution in [-0.2, 0) is 6.42 Å². The SMILES string of the molecule is CN(C)c1cccc(CCCN)c1. The number of hydrogen-bond acceptors (Lipinski definition) is 2. The third-order valence-electron chi connectivity index (χ3n) is 2.10. The van der Waals surface area contributed by atoms with E-state index in [0.29, 0.717) is 0 Å². The average molecular weight is 178 g/mol. The molecule has 0 fully saturated rings. The summed E-state index contributed by atoms with van der Waals surface area (Å²) in [4.78, 5) is 2.12. The number of nitrogens with zero attached hydrogens (tertiary/aromatic N) is 1. The van der Waals surface area contributed by atoms with Crippen LogP contribution in [-0.4, -0.2) is 20.6 Å². The van der Waals surface area contributed by atoms with Crippen LogP contribution in [0, 0.1) is 0 Å². The van der Waals surface area contributed by atoms with Gasteiger partial charge in [-0.05, 0) is 37.1 Å². The molecule has 0 spiro atoms. The van der Waals surface area contributed by atoms with E-state index in [0.717, 1.165) is 19.4 Å². The third-order valence-corrected chi connectivity index (χ3v) is 2.10. The van der Waals surface area contributed by atoms with E-state index in [1.165, 1.54) is 11.3 Å². The molecule has 0 atom stereocenters. The average Bonchev–Trinajstić information content (AvgIpc) is 2.15. The van der Waals surface area contributed by atoms with Gasteiger partial charge in [-0.15, -0.1) is 0 Å². The molecule has 0 unspecified atom stereocenters. The maximum atomic E-state index is 5.46. The molecule has 0 aliphatic rings. The second-order valence-corrected chi connectivity index (χ2v) is 3.46. The maximum Gasteiger partial charge on any atom is 0.0363 e. The van der Waals surface area contributed by atoms with Gasteiger partial charge in [-0.3, -0.25) is 0 Å². The smallest absolute Gasteiger partial charge is 0.0363 e. The molecule has 0 aromatic heterocycles. The van der Waals surface area contributed by atoms with E-state index >= 15 is 0 Å². The van der Waals surface area contributed by atoms with Gasteiger partial charge in [-0.1, -0.05) is 12.1 Å². The molecule has 1 rings (SSSR count). The van der Waals surface area contributed by atoms with Gasteiger partial charge in [-0.25, -0.2) is 0 Å². The Bertz CT molecular complexity index is 256. The minimum atomic E-state index is 0.770. The molecule has 13 heavy (non-hydrogen) atoms. The zero-order valence-corrected chi connectivity index (χ0v) is 8.46. The molecule has 72 valence electrons. The number of anilines is 1. The standard InChI is InChI=1S/C11H18N2/c1-13(2)11-7-3-5-10(9-11)6-4-8-12/h3,5,7,9H,4,6,8,12H2,1-2H3. The van der Waals surface area contributed by atoms with E-state index < -0.39 is 0 Å². The summed E-state index contributed by atoms with van der Waals surface area (Å²) in [6.45, 7) is 0.770. The second kappa shape index (κ2) is 4.87. The zero-order valence-electron chi connectivity index (χ0n) is 8.46. The Balaban J connectivity index is 2.68. The van der Waals surface area contributed by atoms with Gasteiger partial charge >= 0.3 is 0 Å². The molecule has 2 N–H and O–H groups in total. The number of benzene rings is 1. The van der Waals surface area contributed by atoms with Gasteiger partial charge in [0.2, 0.25) is 0 Å². The molecule has 1 aromatic carbocycles. The lowest BCUT2D eigenvalue weighted by molar-refractivity contribution is 0.832. The van der Waals surface area contributed by atoms with E-state index in [9.17, 15) is 0 Å². The van der Waals surface area contributed by atoms with Crippen molar-refractivity contribution in [2.45, 2.75) is 12.8 Å². The van der Waals surface area contributed by atoms with Crippen LogP contribution in [0.15, 0.2) is 24.3 Å². The van der Waals surface area contributed by atoms with Crippen LogP contribution in [0.2, 0.25) is 0 Å². The predicted molar refractivity (Wildman–Crippen MR) is 58.1 cm³/mol. The molecule has 0 bridgehead atoms. The fraction of sp³-hybridized carbons (Fsp3) is 0.455. The van der Waals surface area contributed by atoms with Gasteiger partial charge < -0.3 is 10.6 Å². The highest BCUT2D eigenvalue weighted by Crippen LogP contribution is 2.14. The minimum Gasteiger partial charge on any atom is -0.378 e. The summed E-state index contributed by atoms with van der Waals surface area (Å²) in [5, 5.41) is 0. The molecule has 0 amide bonds. The van der Waals surface area contributed by atoms with Crippen LogP contribution < -0.4 is 10.6 Å². The number of hydrogen-bond donors (Lipinski definition) is 1. The van der Waals surface area contributed by atoms with Gasteiger partial charge in [0.25, 0.3) is 0 Å². The molecule has 0 aliphatic heterocycles. The quantitative estimate of drug-likeness (QED) is 0.759. The molecular formula is C11H18N2. The van der Waals surface area contributed by atoms with Crippen molar-refractivity contribution in [3.63, 3.8) is 0 Å². The highest BCUT2D eigenvalue weighted by Gasteiger charge is 1.96. The lowest BCUT2D eigenvalue weighted by Crippen LogP contribution is -2.08. The highest BCUT2D eigenvalue weighted by molar-refractivity contribution is 5.47. The molecule has 2 nitrogen and oxygen atoms in total. The summed E-state index contributed by atoms with van der Waals surface area (Å²) >= 11 is 0. The van der Waals surface area contributed by atoms with E-state index in [4.69, 9.17) is 5.73 Å². The highest BCUT2D eigenvalue weighted by atomic mass is 15.1.